The number of amides is 1. The van der Waals surface area contributed by atoms with Gasteiger partial charge in [0, 0.05) is 18.9 Å². The van der Waals surface area contributed by atoms with Gasteiger partial charge in [0.2, 0.25) is 5.91 Å². The molecule has 1 N–H and O–H groups in total. The average Bonchev–Trinajstić information content (AvgIpc) is 3.10. The van der Waals surface area contributed by atoms with E-state index in [0.717, 1.165) is 50.7 Å². The minimum atomic E-state index is -4.49. The maximum atomic E-state index is 12.8. The zero-order valence-corrected chi connectivity index (χ0v) is 15.3. The van der Waals surface area contributed by atoms with Gasteiger partial charge in [-0.1, -0.05) is 11.6 Å². The van der Waals surface area contributed by atoms with E-state index < -0.39 is 11.7 Å². The van der Waals surface area contributed by atoms with Crippen LogP contribution in [0.1, 0.15) is 18.4 Å². The highest BCUT2D eigenvalue weighted by molar-refractivity contribution is 6.33. The number of benzene rings is 1. The Morgan fingerprint density at radius 2 is 2.04 bits per heavy atom. The predicted octanol–water partition coefficient (Wildman–Crippen LogP) is 3.91. The van der Waals surface area contributed by atoms with E-state index in [9.17, 15) is 18.0 Å². The Hall–Kier alpha value is -2.06. The SMILES string of the molecule is O=C(CN1CCC(Cn2cccn2)CC1)Nc1cc(C(F)(F)F)ccc1Cl. The van der Waals surface area contributed by atoms with Crippen molar-refractivity contribution in [2.45, 2.75) is 25.6 Å². The van der Waals surface area contributed by atoms with Gasteiger partial charge in [0.25, 0.3) is 0 Å². The lowest BCUT2D eigenvalue weighted by Crippen LogP contribution is -2.40. The van der Waals surface area contributed by atoms with Crippen molar-refractivity contribution in [3.63, 3.8) is 0 Å². The highest BCUT2D eigenvalue weighted by atomic mass is 35.5. The van der Waals surface area contributed by atoms with Crippen molar-refractivity contribution in [1.82, 2.24) is 14.7 Å². The summed E-state index contributed by atoms with van der Waals surface area (Å²) >= 11 is 5.92. The summed E-state index contributed by atoms with van der Waals surface area (Å²) in [5.74, 6) is 0.129. The Morgan fingerprint density at radius 3 is 2.67 bits per heavy atom. The smallest absolute Gasteiger partial charge is 0.324 e. The molecule has 5 nitrogen and oxygen atoms in total. The Morgan fingerprint density at radius 1 is 1.30 bits per heavy atom. The van der Waals surface area contributed by atoms with E-state index in [0.29, 0.717) is 5.92 Å². The molecule has 1 aliphatic heterocycles. The zero-order valence-electron chi connectivity index (χ0n) is 14.5. The van der Waals surface area contributed by atoms with Crippen LogP contribution >= 0.6 is 11.6 Å². The number of aromatic nitrogens is 2. The molecule has 0 aliphatic carbocycles. The molecule has 0 unspecified atom stereocenters. The molecule has 1 aliphatic rings. The molecule has 1 amide bonds. The topological polar surface area (TPSA) is 50.2 Å². The molecule has 1 fully saturated rings. The zero-order chi connectivity index (χ0) is 19.4. The minimum Gasteiger partial charge on any atom is -0.324 e. The van der Waals surface area contributed by atoms with E-state index in [1.54, 1.807) is 6.20 Å². The quantitative estimate of drug-likeness (QED) is 0.828. The van der Waals surface area contributed by atoms with Gasteiger partial charge in [-0.15, -0.1) is 0 Å². The molecule has 2 aromatic rings. The standard InChI is InChI=1S/C18H20ClF3N4O/c19-15-3-2-14(18(20,21)22)10-16(15)24-17(27)12-25-8-4-13(5-9-25)11-26-7-1-6-23-26/h1-3,6-7,10,13H,4-5,8-9,11-12H2,(H,24,27). The fraction of sp³-hybridized carbons (Fsp3) is 0.444. The number of halogens is 4. The lowest BCUT2D eigenvalue weighted by molar-refractivity contribution is -0.137. The summed E-state index contributed by atoms with van der Waals surface area (Å²) in [6.45, 7) is 2.50. The fourth-order valence-electron chi connectivity index (χ4n) is 3.19. The Labute approximate surface area is 160 Å². The van der Waals surface area contributed by atoms with Gasteiger partial charge in [-0.3, -0.25) is 14.4 Å². The first kappa shape index (κ1) is 19.7. The normalized spacial score (nSPS) is 16.4. The van der Waals surface area contributed by atoms with Crippen LogP contribution in [0.2, 0.25) is 5.02 Å². The van der Waals surface area contributed by atoms with Gasteiger partial charge < -0.3 is 5.32 Å². The number of anilines is 1. The summed E-state index contributed by atoms with van der Waals surface area (Å²) in [5.41, 5.74) is -0.869. The van der Waals surface area contributed by atoms with Crippen molar-refractivity contribution in [2.24, 2.45) is 5.92 Å². The molecule has 0 bridgehead atoms. The van der Waals surface area contributed by atoms with E-state index in [2.05, 4.69) is 10.4 Å². The van der Waals surface area contributed by atoms with E-state index in [1.165, 1.54) is 0 Å². The number of hydrogen-bond donors (Lipinski definition) is 1. The summed E-state index contributed by atoms with van der Waals surface area (Å²) in [4.78, 5) is 14.2. The molecule has 0 radical (unpaired) electrons. The van der Waals surface area contributed by atoms with Gasteiger partial charge >= 0.3 is 6.18 Å². The number of alkyl halides is 3. The molecule has 0 spiro atoms. The Kier molecular flexibility index (Phi) is 6.06. The molecule has 9 heteroatoms. The van der Waals surface area contributed by atoms with Crippen LogP contribution in [0.25, 0.3) is 0 Å². The number of hydrogen-bond acceptors (Lipinski definition) is 3. The molecule has 2 heterocycles. The molecule has 0 saturated carbocycles. The largest absolute Gasteiger partial charge is 0.416 e. The van der Waals surface area contributed by atoms with Crippen LogP contribution in [-0.2, 0) is 17.5 Å². The van der Waals surface area contributed by atoms with Crippen molar-refractivity contribution < 1.29 is 18.0 Å². The predicted molar refractivity (Wildman–Crippen MR) is 96.5 cm³/mol. The molecular weight excluding hydrogens is 381 g/mol. The van der Waals surface area contributed by atoms with Crippen LogP contribution in [0, 0.1) is 5.92 Å². The number of likely N-dealkylation sites (tertiary alicyclic amines) is 1. The van der Waals surface area contributed by atoms with Crippen LogP contribution in [-0.4, -0.2) is 40.2 Å². The lowest BCUT2D eigenvalue weighted by atomic mass is 9.97. The summed E-state index contributed by atoms with van der Waals surface area (Å²) in [6.07, 6.45) is 1.08. The second kappa shape index (κ2) is 8.31. The Bertz CT molecular complexity index is 771. The summed E-state index contributed by atoms with van der Waals surface area (Å²) in [6, 6.07) is 4.78. The third-order valence-corrected chi connectivity index (χ3v) is 4.98. The first-order valence-corrected chi connectivity index (χ1v) is 9.05. The molecule has 0 atom stereocenters. The highest BCUT2D eigenvalue weighted by Gasteiger charge is 2.31. The third-order valence-electron chi connectivity index (χ3n) is 4.65. The van der Waals surface area contributed by atoms with Crippen LogP contribution < -0.4 is 5.32 Å². The van der Waals surface area contributed by atoms with Gasteiger partial charge in [0.05, 0.1) is 22.8 Å². The van der Waals surface area contributed by atoms with Crippen molar-refractivity contribution in [3.05, 3.63) is 47.2 Å². The summed E-state index contributed by atoms with van der Waals surface area (Å²) in [5, 5.41) is 6.77. The molecule has 146 valence electrons. The third kappa shape index (κ3) is 5.46. The number of nitrogens with zero attached hydrogens (tertiary/aromatic N) is 3. The maximum absolute atomic E-state index is 12.8. The van der Waals surface area contributed by atoms with Crippen molar-refractivity contribution in [3.8, 4) is 0 Å². The van der Waals surface area contributed by atoms with E-state index >= 15 is 0 Å². The molecule has 3 rings (SSSR count). The first-order chi connectivity index (χ1) is 12.8. The van der Waals surface area contributed by atoms with Gasteiger partial charge in [-0.25, -0.2) is 0 Å². The van der Waals surface area contributed by atoms with Gasteiger partial charge in [-0.05, 0) is 56.1 Å². The van der Waals surface area contributed by atoms with E-state index in [4.69, 9.17) is 11.6 Å². The van der Waals surface area contributed by atoms with Crippen molar-refractivity contribution >= 4 is 23.2 Å². The summed E-state index contributed by atoms with van der Waals surface area (Å²) < 4.78 is 40.3. The molecule has 1 aromatic heterocycles. The van der Waals surface area contributed by atoms with Gasteiger partial charge in [-0.2, -0.15) is 18.3 Å². The van der Waals surface area contributed by atoms with Gasteiger partial charge in [0.15, 0.2) is 0 Å². The molecule has 27 heavy (non-hydrogen) atoms. The average molecular weight is 401 g/mol. The first-order valence-electron chi connectivity index (χ1n) is 8.67. The van der Waals surface area contributed by atoms with Crippen LogP contribution in [0.15, 0.2) is 36.7 Å². The minimum absolute atomic E-state index is 0.0231. The Balaban J connectivity index is 1.50. The van der Waals surface area contributed by atoms with Crippen LogP contribution in [0.3, 0.4) is 0 Å². The van der Waals surface area contributed by atoms with E-state index in [-0.39, 0.29) is 23.2 Å². The van der Waals surface area contributed by atoms with Crippen LogP contribution in [0.5, 0.6) is 0 Å². The number of carbonyl (C=O) groups excluding carboxylic acids is 1. The summed E-state index contributed by atoms with van der Waals surface area (Å²) in [7, 11) is 0. The van der Waals surface area contributed by atoms with Crippen molar-refractivity contribution in [2.75, 3.05) is 25.0 Å². The second-order valence-electron chi connectivity index (χ2n) is 6.69. The number of carbonyl (C=O) groups is 1. The number of piperidine rings is 1. The fourth-order valence-corrected chi connectivity index (χ4v) is 3.36. The lowest BCUT2D eigenvalue weighted by Gasteiger charge is -2.31. The monoisotopic (exact) mass is 400 g/mol. The van der Waals surface area contributed by atoms with Gasteiger partial charge in [0.1, 0.15) is 0 Å². The molecule has 1 saturated heterocycles. The van der Waals surface area contributed by atoms with Crippen LogP contribution in [0.4, 0.5) is 18.9 Å². The highest BCUT2D eigenvalue weighted by Crippen LogP contribution is 2.33. The van der Waals surface area contributed by atoms with Crippen molar-refractivity contribution in [1.29, 1.82) is 0 Å². The second-order valence-corrected chi connectivity index (χ2v) is 7.10. The number of rotatable bonds is 5. The molecular formula is C18H20ClF3N4O. The molecule has 1 aromatic carbocycles. The number of nitrogens with one attached hydrogen (secondary N) is 1. The maximum Gasteiger partial charge on any atom is 0.416 e. The van der Waals surface area contributed by atoms with E-state index in [1.807, 2.05) is 21.8 Å².